The van der Waals surface area contributed by atoms with Crippen molar-refractivity contribution < 1.29 is 35.9 Å². The molecule has 0 atom stereocenters. The Kier molecular flexibility index (Phi) is 8.08. The quantitative estimate of drug-likeness (QED) is 0.372. The Bertz CT molecular complexity index is 1130. The van der Waals surface area contributed by atoms with Gasteiger partial charge in [-0.25, -0.2) is 0 Å². The minimum Gasteiger partial charge on any atom is -0.339 e. The van der Waals surface area contributed by atoms with Crippen LogP contribution in [0.4, 0.5) is 26.3 Å². The van der Waals surface area contributed by atoms with Crippen molar-refractivity contribution >= 4 is 11.8 Å². The molecule has 1 saturated carbocycles. The number of piperazine rings is 2. The summed E-state index contributed by atoms with van der Waals surface area (Å²) in [7, 11) is 0. The van der Waals surface area contributed by atoms with E-state index in [0.717, 1.165) is 35.4 Å². The number of amides is 2. The predicted octanol–water partition coefficient (Wildman–Crippen LogP) is 4.49. The Balaban J connectivity index is 1.08. The predicted molar refractivity (Wildman–Crippen MR) is 138 cm³/mol. The van der Waals surface area contributed by atoms with Gasteiger partial charge >= 0.3 is 12.4 Å². The van der Waals surface area contributed by atoms with Gasteiger partial charge in [0.25, 0.3) is 0 Å². The number of carbonyl (C=O) groups is 2. The fourth-order valence-electron chi connectivity index (χ4n) is 5.58. The molecule has 0 aromatic heterocycles. The molecule has 2 aliphatic heterocycles. The maximum Gasteiger partial charge on any atom is 0.416 e. The molecule has 3 fully saturated rings. The van der Waals surface area contributed by atoms with E-state index in [9.17, 15) is 35.9 Å². The lowest BCUT2D eigenvalue weighted by atomic mass is 10.0. The van der Waals surface area contributed by atoms with Gasteiger partial charge in [0.15, 0.2) is 0 Å². The molecular formula is C29H32F6N4O2. The zero-order valence-electron chi connectivity index (χ0n) is 22.5. The molecule has 2 heterocycles. The van der Waals surface area contributed by atoms with Gasteiger partial charge in [-0.2, -0.15) is 26.3 Å². The van der Waals surface area contributed by atoms with Crippen LogP contribution >= 0.6 is 0 Å². The molecular weight excluding hydrogens is 550 g/mol. The minimum atomic E-state index is -4.37. The zero-order valence-corrected chi connectivity index (χ0v) is 22.5. The van der Waals surface area contributed by atoms with E-state index in [1.54, 1.807) is 9.80 Å². The molecule has 0 bridgehead atoms. The van der Waals surface area contributed by atoms with Crippen LogP contribution in [0.1, 0.15) is 35.1 Å². The number of rotatable bonds is 6. The molecule has 2 aromatic carbocycles. The molecule has 12 heteroatoms. The molecule has 6 nitrogen and oxygen atoms in total. The number of alkyl halides is 6. The highest BCUT2D eigenvalue weighted by Gasteiger charge is 2.59. The molecule has 0 spiro atoms. The number of halogens is 6. The SMILES string of the molecule is O=C(N1CCN(Cc2ccc(C(F)(F)F)cc2)CC1)C1(C(=O)N2CCN(Cc3ccc(C(F)(F)F)cc3)CC2)CC1. The van der Waals surface area contributed by atoms with Crippen LogP contribution in [-0.4, -0.2) is 83.8 Å². The standard InChI is InChI=1S/C29H32F6N4O2/c30-28(31,32)23-5-1-21(2-6-23)19-36-11-15-38(16-12-36)25(40)27(9-10-27)26(41)39-17-13-37(14-18-39)20-22-3-7-24(8-4-22)29(33,34)35/h1-8H,9-20H2. The number of benzene rings is 2. The van der Waals surface area contributed by atoms with Gasteiger partial charge in [-0.1, -0.05) is 24.3 Å². The molecule has 2 aromatic rings. The van der Waals surface area contributed by atoms with Crippen LogP contribution in [0.3, 0.4) is 0 Å². The summed E-state index contributed by atoms with van der Waals surface area (Å²) >= 11 is 0. The van der Waals surface area contributed by atoms with Gasteiger partial charge in [-0.05, 0) is 48.2 Å². The van der Waals surface area contributed by atoms with Gasteiger partial charge < -0.3 is 9.80 Å². The fraction of sp³-hybridized carbons (Fsp3) is 0.517. The number of carbonyl (C=O) groups excluding carboxylic acids is 2. The zero-order chi connectivity index (χ0) is 29.4. The van der Waals surface area contributed by atoms with Crippen molar-refractivity contribution in [2.45, 2.75) is 38.3 Å². The Labute approximate surface area is 234 Å². The second-order valence-electron chi connectivity index (χ2n) is 11.1. The van der Waals surface area contributed by atoms with Gasteiger partial charge in [0.1, 0.15) is 5.41 Å². The third-order valence-electron chi connectivity index (χ3n) is 8.26. The summed E-state index contributed by atoms with van der Waals surface area (Å²) in [6.45, 7) is 5.07. The Hall–Kier alpha value is -3.12. The molecule has 0 radical (unpaired) electrons. The first-order chi connectivity index (χ1) is 19.3. The first kappa shape index (κ1) is 29.4. The van der Waals surface area contributed by atoms with Gasteiger partial charge in [-0.3, -0.25) is 19.4 Å². The van der Waals surface area contributed by atoms with Crippen molar-refractivity contribution in [3.05, 3.63) is 70.8 Å². The van der Waals surface area contributed by atoms with E-state index in [2.05, 4.69) is 9.80 Å². The maximum absolute atomic E-state index is 13.4. The topological polar surface area (TPSA) is 47.1 Å². The van der Waals surface area contributed by atoms with Crippen molar-refractivity contribution in [2.75, 3.05) is 52.4 Å². The summed E-state index contributed by atoms with van der Waals surface area (Å²) < 4.78 is 76.8. The van der Waals surface area contributed by atoms with Crippen molar-refractivity contribution in [1.29, 1.82) is 0 Å². The van der Waals surface area contributed by atoms with Crippen LogP contribution in [0.2, 0.25) is 0 Å². The molecule has 2 amide bonds. The highest BCUT2D eigenvalue weighted by atomic mass is 19.4. The molecule has 0 N–H and O–H groups in total. The highest BCUT2D eigenvalue weighted by molar-refractivity contribution is 6.08. The average Bonchev–Trinajstić information content (AvgIpc) is 3.75. The van der Waals surface area contributed by atoms with Crippen LogP contribution in [0, 0.1) is 5.41 Å². The van der Waals surface area contributed by atoms with E-state index in [-0.39, 0.29) is 11.8 Å². The fourth-order valence-corrected chi connectivity index (χ4v) is 5.58. The van der Waals surface area contributed by atoms with Crippen LogP contribution in [0.25, 0.3) is 0 Å². The van der Waals surface area contributed by atoms with Crippen molar-refractivity contribution in [3.63, 3.8) is 0 Å². The second kappa shape index (κ2) is 11.3. The first-order valence-electron chi connectivity index (χ1n) is 13.7. The molecule has 41 heavy (non-hydrogen) atoms. The Morgan fingerprint density at radius 2 is 0.878 bits per heavy atom. The Morgan fingerprint density at radius 1 is 0.561 bits per heavy atom. The first-order valence-corrected chi connectivity index (χ1v) is 13.7. The summed E-state index contributed by atoms with van der Waals surface area (Å²) in [6, 6.07) is 10.2. The van der Waals surface area contributed by atoms with Crippen molar-refractivity contribution in [2.24, 2.45) is 5.41 Å². The van der Waals surface area contributed by atoms with Crippen molar-refractivity contribution in [3.8, 4) is 0 Å². The van der Waals surface area contributed by atoms with E-state index < -0.39 is 28.9 Å². The van der Waals surface area contributed by atoms with Gasteiger partial charge in [0.2, 0.25) is 11.8 Å². The molecule has 1 aliphatic carbocycles. The van der Waals surface area contributed by atoms with Gasteiger partial charge in [0.05, 0.1) is 11.1 Å². The lowest BCUT2D eigenvalue weighted by Gasteiger charge is -2.39. The number of hydrogen-bond donors (Lipinski definition) is 0. The second-order valence-corrected chi connectivity index (χ2v) is 11.1. The lowest BCUT2D eigenvalue weighted by molar-refractivity contribution is -0.151. The summed E-state index contributed by atoms with van der Waals surface area (Å²) in [4.78, 5) is 34.5. The highest BCUT2D eigenvalue weighted by Crippen LogP contribution is 2.49. The van der Waals surface area contributed by atoms with E-state index in [1.165, 1.54) is 24.3 Å². The monoisotopic (exact) mass is 582 g/mol. The normalized spacial score (nSPS) is 20.2. The van der Waals surface area contributed by atoms with Crippen LogP contribution < -0.4 is 0 Å². The van der Waals surface area contributed by atoms with E-state index in [4.69, 9.17) is 0 Å². The van der Waals surface area contributed by atoms with E-state index in [0.29, 0.717) is 78.3 Å². The summed E-state index contributed by atoms with van der Waals surface area (Å²) in [6.07, 6.45) is -7.71. The number of nitrogens with zero attached hydrogens (tertiary/aromatic N) is 4. The largest absolute Gasteiger partial charge is 0.416 e. The van der Waals surface area contributed by atoms with Gasteiger partial charge in [-0.15, -0.1) is 0 Å². The number of hydrogen-bond acceptors (Lipinski definition) is 4. The van der Waals surface area contributed by atoms with Gasteiger partial charge in [0, 0.05) is 65.4 Å². The van der Waals surface area contributed by atoms with Crippen molar-refractivity contribution in [1.82, 2.24) is 19.6 Å². The van der Waals surface area contributed by atoms with Crippen LogP contribution in [0.5, 0.6) is 0 Å². The molecule has 222 valence electrons. The van der Waals surface area contributed by atoms with E-state index in [1.807, 2.05) is 0 Å². The average molecular weight is 583 g/mol. The third kappa shape index (κ3) is 6.69. The summed E-state index contributed by atoms with van der Waals surface area (Å²) in [5.74, 6) is -0.298. The van der Waals surface area contributed by atoms with Crippen LogP contribution in [-0.2, 0) is 35.0 Å². The van der Waals surface area contributed by atoms with Crippen LogP contribution in [0.15, 0.2) is 48.5 Å². The van der Waals surface area contributed by atoms with E-state index >= 15 is 0 Å². The Morgan fingerprint density at radius 3 is 1.15 bits per heavy atom. The molecule has 2 saturated heterocycles. The smallest absolute Gasteiger partial charge is 0.339 e. The summed E-state index contributed by atoms with van der Waals surface area (Å²) in [5, 5.41) is 0. The molecule has 5 rings (SSSR count). The molecule has 0 unspecified atom stereocenters. The summed E-state index contributed by atoms with van der Waals surface area (Å²) in [5.41, 5.74) is -0.841. The maximum atomic E-state index is 13.4. The lowest BCUT2D eigenvalue weighted by Crippen LogP contribution is -2.56. The molecule has 3 aliphatic rings. The third-order valence-corrected chi connectivity index (χ3v) is 8.26. The minimum absolute atomic E-state index is 0.149.